The van der Waals surface area contributed by atoms with Gasteiger partial charge in [0.25, 0.3) is 0 Å². The molecule has 2 aliphatic rings. The van der Waals surface area contributed by atoms with E-state index in [1.165, 1.54) is 0 Å². The van der Waals surface area contributed by atoms with Crippen LogP contribution in [0.3, 0.4) is 0 Å². The molecule has 0 radical (unpaired) electrons. The molecule has 4 N–H and O–H groups in total. The smallest absolute Gasteiger partial charge is 0.338 e. The predicted octanol–water partition coefficient (Wildman–Crippen LogP) is 5.32. The second-order valence-electron chi connectivity index (χ2n) is 9.31. The van der Waals surface area contributed by atoms with E-state index in [0.717, 1.165) is 62.6 Å². The van der Waals surface area contributed by atoms with E-state index >= 15 is 0 Å². The first-order valence-corrected chi connectivity index (χ1v) is 12.4. The summed E-state index contributed by atoms with van der Waals surface area (Å²) in [6.07, 6.45) is 9.64. The van der Waals surface area contributed by atoms with Crippen LogP contribution < -0.4 is 10.6 Å². The standard InChI is InChI=1S/C25H32N6O3.2ClH/c1-2-15-13-17(9-12-20(15)24(33)34-19-5-3-4-6-19)28-23-21-22(27-14-26-21)30-25(31-23)29-16-7-10-18(32)11-8-16;;/h9,12-14,16,18-19,32H,2-8,10-11H2,1H3,(H3,26,27,28,29,30,31);2*1H. The number of esters is 1. The highest BCUT2D eigenvalue weighted by Crippen LogP contribution is 2.28. The first-order chi connectivity index (χ1) is 16.6. The van der Waals surface area contributed by atoms with E-state index in [1.54, 1.807) is 6.33 Å². The highest BCUT2D eigenvalue weighted by atomic mass is 35.5. The van der Waals surface area contributed by atoms with E-state index in [4.69, 9.17) is 9.72 Å². The average Bonchev–Trinajstić information content (AvgIpc) is 3.52. The number of carbonyl (C=O) groups excluding carboxylic acids is 1. The Morgan fingerprint density at radius 1 is 1.11 bits per heavy atom. The number of aliphatic hydroxyl groups is 1. The van der Waals surface area contributed by atoms with Crippen molar-refractivity contribution in [1.29, 1.82) is 0 Å². The van der Waals surface area contributed by atoms with Crippen LogP contribution in [-0.4, -0.2) is 49.3 Å². The Labute approximate surface area is 223 Å². The number of rotatable bonds is 7. The summed E-state index contributed by atoms with van der Waals surface area (Å²) in [5.41, 5.74) is 3.67. The van der Waals surface area contributed by atoms with Gasteiger partial charge in [-0.2, -0.15) is 9.97 Å². The van der Waals surface area contributed by atoms with Gasteiger partial charge in [0.2, 0.25) is 5.95 Å². The van der Waals surface area contributed by atoms with Gasteiger partial charge in [0.05, 0.1) is 18.0 Å². The molecule has 36 heavy (non-hydrogen) atoms. The van der Waals surface area contributed by atoms with Crippen molar-refractivity contribution in [3.05, 3.63) is 35.7 Å². The van der Waals surface area contributed by atoms with Gasteiger partial charge < -0.3 is 25.5 Å². The third-order valence-electron chi connectivity index (χ3n) is 6.86. The van der Waals surface area contributed by atoms with Crippen LogP contribution in [0.25, 0.3) is 11.2 Å². The number of halogens is 2. The molecule has 0 unspecified atom stereocenters. The van der Waals surface area contributed by atoms with Crippen LogP contribution in [0.15, 0.2) is 24.5 Å². The Hall–Kier alpha value is -2.62. The number of benzene rings is 1. The fourth-order valence-corrected chi connectivity index (χ4v) is 4.91. The Balaban J connectivity index is 0.00000180. The summed E-state index contributed by atoms with van der Waals surface area (Å²) < 4.78 is 5.72. The van der Waals surface area contributed by atoms with Gasteiger partial charge in [-0.3, -0.25) is 0 Å². The van der Waals surface area contributed by atoms with E-state index in [-0.39, 0.29) is 49.0 Å². The van der Waals surface area contributed by atoms with E-state index in [2.05, 4.69) is 25.6 Å². The maximum Gasteiger partial charge on any atom is 0.338 e. The van der Waals surface area contributed by atoms with E-state index < -0.39 is 0 Å². The summed E-state index contributed by atoms with van der Waals surface area (Å²) in [6.45, 7) is 2.03. The van der Waals surface area contributed by atoms with Crippen molar-refractivity contribution in [2.75, 3.05) is 10.6 Å². The van der Waals surface area contributed by atoms with Crippen LogP contribution in [-0.2, 0) is 11.2 Å². The molecule has 5 rings (SSSR count). The second-order valence-corrected chi connectivity index (χ2v) is 9.31. The van der Waals surface area contributed by atoms with Gasteiger partial charge in [-0.05, 0) is 81.5 Å². The monoisotopic (exact) mass is 536 g/mol. The summed E-state index contributed by atoms with van der Waals surface area (Å²) in [6, 6.07) is 5.91. The number of carbonyl (C=O) groups is 1. The molecule has 2 fully saturated rings. The third kappa shape index (κ3) is 6.38. The zero-order chi connectivity index (χ0) is 23.5. The number of nitrogens with zero attached hydrogens (tertiary/aromatic N) is 3. The van der Waals surface area contributed by atoms with Crippen LogP contribution in [0.4, 0.5) is 17.5 Å². The Kier molecular flexibility index (Phi) is 9.76. The molecule has 0 amide bonds. The topological polar surface area (TPSA) is 125 Å². The quantitative estimate of drug-likeness (QED) is 0.299. The molecule has 1 aromatic carbocycles. The number of imidazole rings is 1. The van der Waals surface area contributed by atoms with Crippen molar-refractivity contribution in [2.45, 2.75) is 83.0 Å². The van der Waals surface area contributed by atoms with Gasteiger partial charge in [-0.1, -0.05) is 6.92 Å². The molecule has 0 bridgehead atoms. The molecule has 0 spiro atoms. The molecule has 0 aliphatic heterocycles. The van der Waals surface area contributed by atoms with Crippen molar-refractivity contribution < 1.29 is 14.6 Å². The summed E-state index contributed by atoms with van der Waals surface area (Å²) >= 11 is 0. The maximum absolute atomic E-state index is 12.7. The number of aromatic nitrogens is 4. The minimum atomic E-state index is -0.239. The molecule has 2 saturated carbocycles. The van der Waals surface area contributed by atoms with Crippen molar-refractivity contribution in [1.82, 2.24) is 19.9 Å². The SMILES string of the molecule is CCc1cc(Nc2nc(NC3CCC(O)CC3)nc3nc[nH]c23)ccc1C(=O)OC1CCCC1.Cl.Cl. The van der Waals surface area contributed by atoms with Gasteiger partial charge in [0.1, 0.15) is 11.6 Å². The number of nitrogens with one attached hydrogen (secondary N) is 3. The normalized spacial score (nSPS) is 19.8. The van der Waals surface area contributed by atoms with Gasteiger partial charge in [0, 0.05) is 11.7 Å². The molecular formula is C25H34Cl2N6O3. The largest absolute Gasteiger partial charge is 0.459 e. The molecule has 2 aliphatic carbocycles. The van der Waals surface area contributed by atoms with E-state index in [0.29, 0.717) is 34.9 Å². The number of hydrogen-bond acceptors (Lipinski definition) is 8. The molecular weight excluding hydrogens is 503 g/mol. The minimum absolute atomic E-state index is 0. The fourth-order valence-electron chi connectivity index (χ4n) is 4.91. The molecule has 3 aromatic rings. The highest BCUT2D eigenvalue weighted by Gasteiger charge is 2.23. The molecule has 0 saturated heterocycles. The summed E-state index contributed by atoms with van der Waals surface area (Å²) in [5.74, 6) is 0.887. The number of aromatic amines is 1. The number of anilines is 3. The summed E-state index contributed by atoms with van der Waals surface area (Å²) in [5, 5.41) is 16.5. The van der Waals surface area contributed by atoms with Gasteiger partial charge >= 0.3 is 5.97 Å². The lowest BCUT2D eigenvalue weighted by atomic mass is 9.93. The Morgan fingerprint density at radius 2 is 1.86 bits per heavy atom. The number of H-pyrrole nitrogens is 1. The first-order valence-electron chi connectivity index (χ1n) is 12.4. The zero-order valence-electron chi connectivity index (χ0n) is 20.3. The third-order valence-corrected chi connectivity index (χ3v) is 6.86. The van der Waals surface area contributed by atoms with Crippen molar-refractivity contribution in [2.24, 2.45) is 0 Å². The van der Waals surface area contributed by atoms with Gasteiger partial charge in [0.15, 0.2) is 11.5 Å². The molecule has 0 atom stereocenters. The molecule has 2 heterocycles. The lowest BCUT2D eigenvalue weighted by molar-refractivity contribution is 0.0316. The number of fused-ring (bicyclic) bond motifs is 1. The lowest BCUT2D eigenvalue weighted by Gasteiger charge is -2.26. The average molecular weight is 537 g/mol. The summed E-state index contributed by atoms with van der Waals surface area (Å²) in [7, 11) is 0. The number of aryl methyl sites for hydroxylation is 1. The fraction of sp³-hybridized carbons (Fsp3) is 0.520. The van der Waals surface area contributed by atoms with Crippen molar-refractivity contribution in [3.8, 4) is 0 Å². The minimum Gasteiger partial charge on any atom is -0.459 e. The van der Waals surface area contributed by atoms with E-state index in [9.17, 15) is 9.90 Å². The van der Waals surface area contributed by atoms with Crippen molar-refractivity contribution in [3.63, 3.8) is 0 Å². The molecule has 9 nitrogen and oxygen atoms in total. The van der Waals surface area contributed by atoms with Gasteiger partial charge in [-0.25, -0.2) is 9.78 Å². The van der Waals surface area contributed by atoms with E-state index in [1.807, 2.05) is 25.1 Å². The molecule has 11 heteroatoms. The zero-order valence-corrected chi connectivity index (χ0v) is 22.0. The number of hydrogen-bond donors (Lipinski definition) is 4. The first kappa shape index (κ1) is 28.0. The number of aliphatic hydroxyl groups excluding tert-OH is 1. The van der Waals surface area contributed by atoms with Gasteiger partial charge in [-0.15, -0.1) is 24.8 Å². The van der Waals surface area contributed by atoms with Crippen LogP contribution in [0.2, 0.25) is 0 Å². The summed E-state index contributed by atoms with van der Waals surface area (Å²) in [4.78, 5) is 29.4. The second kappa shape index (κ2) is 12.6. The maximum atomic E-state index is 12.7. The molecule has 2 aromatic heterocycles. The van der Waals surface area contributed by atoms with Crippen LogP contribution >= 0.6 is 24.8 Å². The predicted molar refractivity (Wildman–Crippen MR) is 145 cm³/mol. The Bertz CT molecular complexity index is 1160. The van der Waals surface area contributed by atoms with Crippen LogP contribution in [0.1, 0.15) is 74.2 Å². The Morgan fingerprint density at radius 3 is 2.58 bits per heavy atom. The van der Waals surface area contributed by atoms with Crippen molar-refractivity contribution >= 4 is 59.4 Å². The van der Waals surface area contributed by atoms with Crippen LogP contribution in [0, 0.1) is 0 Å². The highest BCUT2D eigenvalue weighted by molar-refractivity contribution is 5.92. The van der Waals surface area contributed by atoms with Crippen LogP contribution in [0.5, 0.6) is 0 Å². The lowest BCUT2D eigenvalue weighted by Crippen LogP contribution is -2.29. The number of ether oxygens (including phenoxy) is 1. The molecule has 196 valence electrons.